The Labute approximate surface area is 353 Å². The van der Waals surface area contributed by atoms with Gasteiger partial charge in [0.1, 0.15) is 23.7 Å². The molecule has 0 saturated carbocycles. The van der Waals surface area contributed by atoms with E-state index in [4.69, 9.17) is 5.73 Å². The molecule has 0 bridgehead atoms. The number of phenols is 1. The number of nitrogen functional groups attached to an aromatic ring is 1. The lowest BCUT2D eigenvalue weighted by Gasteiger charge is -2.37. The fourth-order valence-electron chi connectivity index (χ4n) is 7.80. The van der Waals surface area contributed by atoms with Crippen LogP contribution in [0.2, 0.25) is 0 Å². The van der Waals surface area contributed by atoms with Gasteiger partial charge in [-0.3, -0.25) is 14.4 Å². The van der Waals surface area contributed by atoms with Gasteiger partial charge in [0.15, 0.2) is 5.82 Å². The summed E-state index contributed by atoms with van der Waals surface area (Å²) in [5.74, 6) is -0.00121. The zero-order chi connectivity index (χ0) is 42.7. The van der Waals surface area contributed by atoms with Gasteiger partial charge in [-0.05, 0) is 66.3 Å². The Kier molecular flexibility index (Phi) is 12.3. The van der Waals surface area contributed by atoms with E-state index in [1.54, 1.807) is 41.8 Å². The third kappa shape index (κ3) is 9.34. The Balaban J connectivity index is 0.965. The molecule has 0 aliphatic carbocycles. The highest BCUT2D eigenvalue weighted by Crippen LogP contribution is 2.33. The van der Waals surface area contributed by atoms with E-state index >= 15 is 0 Å². The topological polar surface area (TPSA) is 203 Å². The molecular formula is C44H52N10O5S. The van der Waals surface area contributed by atoms with Gasteiger partial charge in [0.25, 0.3) is 0 Å². The minimum absolute atomic E-state index is 0.00901. The zero-order valence-corrected chi connectivity index (χ0v) is 35.3. The van der Waals surface area contributed by atoms with Gasteiger partial charge in [-0.1, -0.05) is 57.2 Å². The first-order chi connectivity index (χ1) is 28.7. The lowest BCUT2D eigenvalue weighted by Crippen LogP contribution is -2.58. The summed E-state index contributed by atoms with van der Waals surface area (Å²) in [6.07, 6.45) is 0.899. The minimum Gasteiger partial charge on any atom is -0.507 e. The standard InChI is InChI=1S/C44H52N10O5S/c1-26(29-10-12-30(13-11-29)39-27(2)47-25-60-39)48-42(58)35-22-31(55)24-54(35)43(59)40(44(3,4)5)49-38(57)21-28-14-15-46-37(20-28)53-18-16-52(17-19-53)34-23-33(50-51-41(34)45)32-8-6-7-9-36(32)56/h6-15,20,23,25-26,31,35,40,55-56H,16-19,21-22,24H2,1-5H3,(H2,45,51)(H,48,58)(H,49,57)/t26?,31-,35+,40?/m1/s1. The van der Waals surface area contributed by atoms with Crippen molar-refractivity contribution in [1.82, 2.24) is 35.7 Å². The fraction of sp³-hybridized carbons (Fsp3) is 0.386. The van der Waals surface area contributed by atoms with E-state index in [9.17, 15) is 24.6 Å². The number of thiazole rings is 1. The summed E-state index contributed by atoms with van der Waals surface area (Å²) in [6.45, 7) is 12.0. The maximum Gasteiger partial charge on any atom is 0.246 e. The van der Waals surface area contributed by atoms with Crippen LogP contribution in [0.15, 0.2) is 78.4 Å². The van der Waals surface area contributed by atoms with Gasteiger partial charge < -0.3 is 41.3 Å². The number of likely N-dealkylation sites (tertiary alicyclic amines) is 1. The molecule has 16 heteroatoms. The van der Waals surface area contributed by atoms with Crippen LogP contribution in [0.25, 0.3) is 21.7 Å². The van der Waals surface area contributed by atoms with E-state index in [1.807, 2.05) is 82.6 Å². The fourth-order valence-corrected chi connectivity index (χ4v) is 8.61. The zero-order valence-electron chi connectivity index (χ0n) is 34.5. The molecule has 7 rings (SSSR count). The number of aromatic nitrogens is 4. The molecule has 5 aromatic rings. The quantitative estimate of drug-likeness (QED) is 0.125. The molecule has 4 atom stereocenters. The first kappa shape index (κ1) is 42.0. The van der Waals surface area contributed by atoms with E-state index in [0.29, 0.717) is 43.3 Å². The normalized spacial score (nSPS) is 17.9. The number of aromatic hydroxyl groups is 1. The summed E-state index contributed by atoms with van der Waals surface area (Å²) < 4.78 is 0. The highest BCUT2D eigenvalue weighted by Gasteiger charge is 2.44. The number of amides is 3. The van der Waals surface area contributed by atoms with Crippen molar-refractivity contribution in [2.45, 2.75) is 71.7 Å². The number of β-amino-alcohol motifs (C(OH)–C–C–N with tert-alkyl or cyclic N) is 1. The molecule has 2 aliphatic rings. The number of carbonyl (C=O) groups is 3. The van der Waals surface area contributed by atoms with E-state index < -0.39 is 29.5 Å². The smallest absolute Gasteiger partial charge is 0.246 e. The lowest BCUT2D eigenvalue weighted by atomic mass is 9.85. The van der Waals surface area contributed by atoms with Crippen LogP contribution in [0, 0.1) is 12.3 Å². The van der Waals surface area contributed by atoms with Crippen molar-refractivity contribution in [1.29, 1.82) is 0 Å². The van der Waals surface area contributed by atoms with Crippen molar-refractivity contribution >= 4 is 46.4 Å². The number of nitrogens with zero attached hydrogens (tertiary/aromatic N) is 7. The van der Waals surface area contributed by atoms with E-state index in [0.717, 1.165) is 38.8 Å². The predicted octanol–water partition coefficient (Wildman–Crippen LogP) is 4.50. The molecule has 2 saturated heterocycles. The van der Waals surface area contributed by atoms with Crippen LogP contribution in [0.3, 0.4) is 0 Å². The van der Waals surface area contributed by atoms with E-state index in [2.05, 4.69) is 40.6 Å². The number of nitrogens with one attached hydrogen (secondary N) is 2. The number of hydrogen-bond acceptors (Lipinski definition) is 13. The van der Waals surface area contributed by atoms with Crippen LogP contribution in [-0.2, 0) is 20.8 Å². The molecule has 314 valence electrons. The average molecular weight is 833 g/mol. The van der Waals surface area contributed by atoms with Crippen LogP contribution >= 0.6 is 11.3 Å². The number of aliphatic hydroxyl groups excluding tert-OH is 1. The van der Waals surface area contributed by atoms with Crippen molar-refractivity contribution in [3.8, 4) is 27.4 Å². The van der Waals surface area contributed by atoms with Crippen LogP contribution in [-0.4, -0.2) is 104 Å². The summed E-state index contributed by atoms with van der Waals surface area (Å²) >= 11 is 1.58. The highest BCUT2D eigenvalue weighted by atomic mass is 32.1. The molecular weight excluding hydrogens is 781 g/mol. The molecule has 0 radical (unpaired) electrons. The minimum atomic E-state index is -0.957. The van der Waals surface area contributed by atoms with Gasteiger partial charge in [-0.25, -0.2) is 9.97 Å². The largest absolute Gasteiger partial charge is 0.507 e. The average Bonchev–Trinajstić information content (AvgIpc) is 3.85. The number of pyridine rings is 1. The predicted molar refractivity (Wildman–Crippen MR) is 232 cm³/mol. The lowest BCUT2D eigenvalue weighted by molar-refractivity contribution is -0.144. The van der Waals surface area contributed by atoms with Crippen LogP contribution in [0.4, 0.5) is 17.3 Å². The van der Waals surface area contributed by atoms with Crippen molar-refractivity contribution in [3.05, 3.63) is 95.3 Å². The number of aryl methyl sites for hydroxylation is 1. The molecule has 15 nitrogen and oxygen atoms in total. The second kappa shape index (κ2) is 17.6. The van der Waals surface area contributed by atoms with Crippen molar-refractivity contribution in [3.63, 3.8) is 0 Å². The molecule has 6 N–H and O–H groups in total. The Morgan fingerprint density at radius 3 is 2.35 bits per heavy atom. The molecule has 60 heavy (non-hydrogen) atoms. The maximum atomic E-state index is 14.3. The van der Waals surface area contributed by atoms with Gasteiger partial charge in [0, 0.05) is 50.9 Å². The Morgan fingerprint density at radius 1 is 0.950 bits per heavy atom. The molecule has 3 amide bonds. The van der Waals surface area contributed by atoms with Gasteiger partial charge in [0.2, 0.25) is 17.7 Å². The summed E-state index contributed by atoms with van der Waals surface area (Å²) in [5, 5.41) is 35.4. The Morgan fingerprint density at radius 2 is 1.67 bits per heavy atom. The molecule has 2 unspecified atom stereocenters. The van der Waals surface area contributed by atoms with Gasteiger partial charge in [-0.15, -0.1) is 21.5 Å². The number of benzene rings is 2. The number of aliphatic hydroxyl groups is 1. The molecule has 0 spiro atoms. The number of para-hydroxylation sites is 1. The van der Waals surface area contributed by atoms with Crippen LogP contribution < -0.4 is 26.2 Å². The third-order valence-corrected chi connectivity index (χ3v) is 12.1. The summed E-state index contributed by atoms with van der Waals surface area (Å²) in [5.41, 5.74) is 12.8. The van der Waals surface area contributed by atoms with E-state index in [1.165, 1.54) is 4.90 Å². The molecule has 2 aromatic carbocycles. The number of carbonyl (C=O) groups excluding carboxylic acids is 3. The highest BCUT2D eigenvalue weighted by molar-refractivity contribution is 7.13. The Bertz CT molecular complexity index is 2340. The van der Waals surface area contributed by atoms with Crippen LogP contribution in [0.5, 0.6) is 5.75 Å². The summed E-state index contributed by atoms with van der Waals surface area (Å²) in [6, 6.07) is 18.2. The van der Waals surface area contributed by atoms with Gasteiger partial charge >= 0.3 is 0 Å². The van der Waals surface area contributed by atoms with Crippen LogP contribution in [0.1, 0.15) is 57.0 Å². The third-order valence-electron chi connectivity index (χ3n) is 11.2. The number of phenolic OH excluding ortho intramolecular Hbond substituents is 1. The summed E-state index contributed by atoms with van der Waals surface area (Å²) in [4.78, 5) is 57.3. The monoisotopic (exact) mass is 832 g/mol. The molecule has 2 aliphatic heterocycles. The number of piperazine rings is 1. The van der Waals surface area contributed by atoms with Crippen molar-refractivity contribution in [2.75, 3.05) is 48.3 Å². The maximum absolute atomic E-state index is 14.3. The molecule has 3 aromatic heterocycles. The van der Waals surface area contributed by atoms with Gasteiger partial charge in [0.05, 0.1) is 46.0 Å². The second-order valence-electron chi connectivity index (χ2n) is 16.6. The SMILES string of the molecule is Cc1ncsc1-c1ccc(C(C)NC(=O)[C@@H]2C[C@@H](O)CN2C(=O)C(NC(=O)Cc2ccnc(N3CCN(c4cc(-c5ccccc5O)nnc4N)CC3)c2)C(C)(C)C)cc1. The van der Waals surface area contributed by atoms with E-state index in [-0.39, 0.29) is 43.0 Å². The number of anilines is 3. The first-order valence-electron chi connectivity index (χ1n) is 20.1. The number of hydrogen-bond donors (Lipinski definition) is 5. The van der Waals surface area contributed by atoms with Crippen molar-refractivity contribution < 1.29 is 24.6 Å². The molecule has 2 fully saturated rings. The number of rotatable bonds is 11. The Hall–Kier alpha value is -6.13. The molecule has 5 heterocycles. The second-order valence-corrected chi connectivity index (χ2v) is 17.4. The first-order valence-corrected chi connectivity index (χ1v) is 21.0. The van der Waals surface area contributed by atoms with Gasteiger partial charge in [-0.2, -0.15) is 0 Å². The van der Waals surface area contributed by atoms with Crippen molar-refractivity contribution in [2.24, 2.45) is 5.41 Å². The summed E-state index contributed by atoms with van der Waals surface area (Å²) in [7, 11) is 0. The number of nitrogens with two attached hydrogens (primary N) is 1.